The number of rotatable bonds is 12. The van der Waals surface area contributed by atoms with Crippen molar-refractivity contribution in [2.45, 2.75) is 24.2 Å². The van der Waals surface area contributed by atoms with Crippen LogP contribution in [-0.2, 0) is 26.4 Å². The number of nitrogens with two attached hydrogens (primary N) is 5. The summed E-state index contributed by atoms with van der Waals surface area (Å²) in [5.41, 5.74) is 23.1. The van der Waals surface area contributed by atoms with Crippen molar-refractivity contribution in [2.75, 3.05) is 23.0 Å². The summed E-state index contributed by atoms with van der Waals surface area (Å²) in [5, 5.41) is 0. The topological polar surface area (TPSA) is 194 Å². The van der Waals surface area contributed by atoms with Crippen LogP contribution in [0.1, 0.15) is 0 Å². The molecule has 0 aromatic rings. The summed E-state index contributed by atoms with van der Waals surface area (Å²) in [5.74, 6) is 5.82. The van der Waals surface area contributed by atoms with Crippen molar-refractivity contribution < 1.29 is 17.3 Å². The van der Waals surface area contributed by atoms with E-state index < -0.39 is 34.2 Å². The van der Waals surface area contributed by atoms with Crippen molar-refractivity contribution in [3.8, 4) is 0 Å². The van der Waals surface area contributed by atoms with E-state index in [4.69, 9.17) is 33.4 Å². The van der Waals surface area contributed by atoms with Crippen molar-refractivity contribution >= 4 is 43.7 Å². The van der Waals surface area contributed by atoms with Crippen molar-refractivity contribution in [1.29, 1.82) is 0 Å². The molecule has 0 aromatic heterocycles. The third kappa shape index (κ3) is 11.0. The minimum absolute atomic E-state index is 0.0539. The van der Waals surface area contributed by atoms with Crippen LogP contribution in [0, 0.1) is 0 Å². The highest BCUT2D eigenvalue weighted by Crippen LogP contribution is 2.23. The molecule has 0 aromatic carbocycles. The highest BCUT2D eigenvalue weighted by atomic mass is 33.1. The van der Waals surface area contributed by atoms with Crippen molar-refractivity contribution in [1.82, 2.24) is 0 Å². The van der Waals surface area contributed by atoms with E-state index in [-0.39, 0.29) is 23.6 Å². The molecule has 0 radical (unpaired) electrons. The van der Waals surface area contributed by atoms with Gasteiger partial charge in [0.1, 0.15) is 0 Å². The lowest BCUT2D eigenvalue weighted by atomic mass is 10.2. The van der Waals surface area contributed by atoms with Crippen LogP contribution in [0.2, 0.25) is 0 Å². The Morgan fingerprint density at radius 3 is 1.71 bits per heavy atom. The Labute approximate surface area is 137 Å². The Balaban J connectivity index is 3.83. The molecule has 0 saturated carbocycles. The monoisotopic (exact) mass is 381 g/mol. The van der Waals surface area contributed by atoms with Crippen molar-refractivity contribution in [2.24, 2.45) is 28.8 Å². The molecule has 0 heterocycles. The molecule has 21 heavy (non-hydrogen) atoms. The molecule has 0 rings (SSSR count). The smallest absolute Gasteiger partial charge is 0.174 e. The summed E-state index contributed by atoms with van der Waals surface area (Å²) in [6.07, 6.45) is 0. The van der Waals surface area contributed by atoms with Crippen molar-refractivity contribution in [3.05, 3.63) is 0 Å². The maximum Gasteiger partial charge on any atom is 0.174 e. The SMILES string of the molecule is NOS(=O)C[C@H](N)[C@@H](N)CSSC[C@H](N)[C@@H](N)CS(=O)O. The third-order valence-corrected chi connectivity index (χ3v) is 6.54. The zero-order valence-electron chi connectivity index (χ0n) is 11.3. The van der Waals surface area contributed by atoms with Gasteiger partial charge in [0.25, 0.3) is 0 Å². The highest BCUT2D eigenvalue weighted by Gasteiger charge is 2.18. The molecule has 13 heteroatoms. The second-order valence-electron chi connectivity index (χ2n) is 4.28. The third-order valence-electron chi connectivity index (χ3n) is 2.48. The molecule has 0 aliphatic rings. The Hall–Kier alpha value is 0.720. The van der Waals surface area contributed by atoms with E-state index in [1.165, 1.54) is 21.6 Å². The van der Waals surface area contributed by atoms with E-state index in [0.717, 1.165) is 0 Å². The summed E-state index contributed by atoms with van der Waals surface area (Å²) in [6.45, 7) is 0. The zero-order valence-corrected chi connectivity index (χ0v) is 14.6. The average molecular weight is 382 g/mol. The largest absolute Gasteiger partial charge is 0.326 e. The fourth-order valence-electron chi connectivity index (χ4n) is 1.11. The van der Waals surface area contributed by atoms with E-state index >= 15 is 0 Å². The van der Waals surface area contributed by atoms with Crippen LogP contribution in [0.15, 0.2) is 0 Å². The lowest BCUT2D eigenvalue weighted by molar-refractivity contribution is 0.364. The first-order valence-electron chi connectivity index (χ1n) is 5.87. The van der Waals surface area contributed by atoms with Crippen LogP contribution in [0.3, 0.4) is 0 Å². The van der Waals surface area contributed by atoms with E-state index in [2.05, 4.69) is 4.28 Å². The fourth-order valence-corrected chi connectivity index (χ4v) is 4.85. The molecular weight excluding hydrogens is 358 g/mol. The van der Waals surface area contributed by atoms with Crippen LogP contribution < -0.4 is 28.8 Å². The van der Waals surface area contributed by atoms with Gasteiger partial charge >= 0.3 is 0 Å². The van der Waals surface area contributed by atoms with E-state index in [0.29, 0.717) is 11.5 Å². The van der Waals surface area contributed by atoms with Crippen LogP contribution >= 0.6 is 21.6 Å². The normalized spacial score (nSPS) is 20.5. The fraction of sp³-hybridized carbons (Fsp3) is 1.00. The molecule has 9 nitrogen and oxygen atoms in total. The maximum atomic E-state index is 11.0. The molecule has 0 aliphatic carbocycles. The van der Waals surface area contributed by atoms with Crippen LogP contribution in [0.4, 0.5) is 0 Å². The minimum atomic E-state index is -1.95. The first-order valence-corrected chi connectivity index (χ1v) is 10.9. The first-order chi connectivity index (χ1) is 9.77. The lowest BCUT2D eigenvalue weighted by Crippen LogP contribution is -2.47. The summed E-state index contributed by atoms with van der Waals surface area (Å²) in [6, 6.07) is -1.78. The number of hydrogen-bond donors (Lipinski definition) is 6. The number of hydrogen-bond acceptors (Lipinski definition) is 10. The molecular formula is C8H23N5O4S4. The van der Waals surface area contributed by atoms with Gasteiger partial charge in [-0.15, -0.1) is 0 Å². The molecule has 6 atom stereocenters. The van der Waals surface area contributed by atoms with Crippen LogP contribution in [-0.4, -0.2) is 60.1 Å². The minimum Gasteiger partial charge on any atom is -0.326 e. The van der Waals surface area contributed by atoms with E-state index in [1.807, 2.05) is 0 Å². The molecule has 0 bridgehead atoms. The molecule has 0 saturated heterocycles. The Kier molecular flexibility index (Phi) is 12.6. The van der Waals surface area contributed by atoms with Crippen LogP contribution in [0.5, 0.6) is 0 Å². The predicted molar refractivity (Wildman–Crippen MR) is 90.7 cm³/mol. The lowest BCUT2D eigenvalue weighted by Gasteiger charge is -2.20. The van der Waals surface area contributed by atoms with Gasteiger partial charge in [0.15, 0.2) is 22.2 Å². The summed E-state index contributed by atoms with van der Waals surface area (Å²) < 4.78 is 34.5. The molecule has 2 unspecified atom stereocenters. The quantitative estimate of drug-likeness (QED) is 0.0901. The van der Waals surface area contributed by atoms with Gasteiger partial charge in [-0.3, -0.25) is 0 Å². The van der Waals surface area contributed by atoms with E-state index in [1.54, 1.807) is 0 Å². The maximum absolute atomic E-state index is 11.0. The van der Waals surface area contributed by atoms with Gasteiger partial charge < -0.3 is 27.5 Å². The molecule has 0 fully saturated rings. The van der Waals surface area contributed by atoms with E-state index in [9.17, 15) is 8.42 Å². The standard InChI is InChI=1S/C8H23N5O4S4/c9-5(7(11)3-20(14)15)1-18-19-2-6(10)8(12)4-21(16)17-13/h5-8H,1-4,9-13H2,(H,14,15)/t5-,6-,7-,8-,21?/m0/s1. The average Bonchev–Trinajstić information content (AvgIpc) is 2.41. The summed E-state index contributed by atoms with van der Waals surface area (Å²) in [7, 11) is 2.91. The predicted octanol–water partition coefficient (Wildman–Crippen LogP) is -2.55. The molecule has 128 valence electrons. The summed E-state index contributed by atoms with van der Waals surface area (Å²) in [4.78, 5) is 0. The van der Waals surface area contributed by atoms with Crippen molar-refractivity contribution in [3.63, 3.8) is 0 Å². The van der Waals surface area contributed by atoms with Gasteiger partial charge in [-0.05, 0) is 0 Å². The zero-order chi connectivity index (χ0) is 16.4. The first kappa shape index (κ1) is 21.7. The van der Waals surface area contributed by atoms with Gasteiger partial charge in [-0.25, -0.2) is 12.7 Å². The molecule has 0 spiro atoms. The Morgan fingerprint density at radius 1 is 0.905 bits per heavy atom. The van der Waals surface area contributed by atoms with Gasteiger partial charge in [0, 0.05) is 35.7 Å². The Morgan fingerprint density at radius 2 is 1.33 bits per heavy atom. The second kappa shape index (κ2) is 12.2. The molecule has 0 amide bonds. The van der Waals surface area contributed by atoms with Gasteiger partial charge in [-0.1, -0.05) is 21.6 Å². The van der Waals surface area contributed by atoms with Gasteiger partial charge in [-0.2, -0.15) is 5.90 Å². The van der Waals surface area contributed by atoms with Crippen LogP contribution in [0.25, 0.3) is 0 Å². The molecule has 0 aliphatic heterocycles. The highest BCUT2D eigenvalue weighted by molar-refractivity contribution is 8.76. The van der Waals surface area contributed by atoms with Gasteiger partial charge in [0.2, 0.25) is 0 Å². The summed E-state index contributed by atoms with van der Waals surface area (Å²) >= 11 is -3.59. The van der Waals surface area contributed by atoms with Gasteiger partial charge in [0.05, 0.1) is 11.5 Å². The molecule has 11 N–H and O–H groups in total. The second-order valence-corrected chi connectivity index (χ2v) is 8.94. The Bertz CT molecular complexity index is 340.